The van der Waals surface area contributed by atoms with Gasteiger partial charge in [0.2, 0.25) is 5.75 Å². The normalized spacial score (nSPS) is 10.7. The van der Waals surface area contributed by atoms with Gasteiger partial charge in [0.25, 0.3) is 5.56 Å². The van der Waals surface area contributed by atoms with Crippen molar-refractivity contribution in [3.05, 3.63) is 22.5 Å². The van der Waals surface area contributed by atoms with Crippen molar-refractivity contribution < 1.29 is 20.4 Å². The summed E-state index contributed by atoms with van der Waals surface area (Å²) in [5, 5.41) is 36.9. The maximum atomic E-state index is 11.0. The predicted molar refractivity (Wildman–Crippen MR) is 51.2 cm³/mol. The molecule has 0 saturated carbocycles. The number of rotatable bonds is 0. The highest BCUT2D eigenvalue weighted by Crippen LogP contribution is 2.40. The molecule has 2 rings (SSSR count). The van der Waals surface area contributed by atoms with Crippen LogP contribution in [0.4, 0.5) is 0 Å². The van der Waals surface area contributed by atoms with Crippen molar-refractivity contribution in [3.8, 4) is 23.0 Å². The van der Waals surface area contributed by atoms with Crippen LogP contribution in [0, 0.1) is 0 Å². The fourth-order valence-corrected chi connectivity index (χ4v) is 1.33. The van der Waals surface area contributed by atoms with Crippen molar-refractivity contribution in [2.75, 3.05) is 0 Å². The molecule has 0 spiro atoms. The lowest BCUT2D eigenvalue weighted by Crippen LogP contribution is -2.04. The molecule has 15 heavy (non-hydrogen) atoms. The molecule has 1 aromatic heterocycles. The molecular formula is C9H7NO5. The highest BCUT2D eigenvalue weighted by atomic mass is 16.3. The van der Waals surface area contributed by atoms with Gasteiger partial charge in [-0.25, -0.2) is 0 Å². The summed E-state index contributed by atoms with van der Waals surface area (Å²) < 4.78 is 0. The molecular weight excluding hydrogens is 202 g/mol. The lowest BCUT2D eigenvalue weighted by Gasteiger charge is -2.05. The van der Waals surface area contributed by atoms with Crippen LogP contribution >= 0.6 is 0 Å². The van der Waals surface area contributed by atoms with Gasteiger partial charge < -0.3 is 25.4 Å². The first-order chi connectivity index (χ1) is 7.02. The van der Waals surface area contributed by atoms with Crippen molar-refractivity contribution in [2.24, 2.45) is 0 Å². The molecule has 1 heterocycles. The van der Waals surface area contributed by atoms with Crippen LogP contribution in [0.2, 0.25) is 0 Å². The fourth-order valence-electron chi connectivity index (χ4n) is 1.33. The number of benzene rings is 1. The quantitative estimate of drug-likeness (QED) is 0.402. The number of hydrogen-bond acceptors (Lipinski definition) is 5. The number of nitrogens with one attached hydrogen (secondary N) is 1. The summed E-state index contributed by atoms with van der Waals surface area (Å²) in [5.41, 5.74) is -0.754. The summed E-state index contributed by atoms with van der Waals surface area (Å²) in [4.78, 5) is 13.3. The standard InChI is InChI=1S/C9H7NO5/c11-4-2-1-3-5(6(4)12)7(13)8(14)9(15)10-3/h1-2,11-12,14H,(H2,10,13,15). The molecule has 0 bridgehead atoms. The zero-order valence-corrected chi connectivity index (χ0v) is 7.35. The molecule has 2 aromatic rings. The smallest absolute Gasteiger partial charge is 0.294 e. The number of phenolic OH excluding ortho intramolecular Hbond substituents is 2. The molecule has 0 aliphatic rings. The summed E-state index contributed by atoms with van der Waals surface area (Å²) in [6, 6.07) is 2.45. The number of pyridine rings is 1. The summed E-state index contributed by atoms with van der Waals surface area (Å²) in [6.07, 6.45) is 0. The highest BCUT2D eigenvalue weighted by molar-refractivity contribution is 5.94. The van der Waals surface area contributed by atoms with Crippen LogP contribution < -0.4 is 5.56 Å². The second-order valence-corrected chi connectivity index (χ2v) is 3.01. The Bertz CT molecular complexity index is 601. The molecule has 6 nitrogen and oxygen atoms in total. The third kappa shape index (κ3) is 1.15. The minimum atomic E-state index is -0.900. The van der Waals surface area contributed by atoms with Crippen molar-refractivity contribution >= 4 is 10.9 Å². The summed E-state index contributed by atoms with van der Waals surface area (Å²) >= 11 is 0. The van der Waals surface area contributed by atoms with E-state index in [4.69, 9.17) is 10.2 Å². The lowest BCUT2D eigenvalue weighted by molar-refractivity contribution is 0.391. The summed E-state index contributed by atoms with van der Waals surface area (Å²) in [7, 11) is 0. The zero-order valence-electron chi connectivity index (χ0n) is 7.35. The topological polar surface area (TPSA) is 114 Å². The number of hydrogen-bond donors (Lipinski definition) is 5. The number of aromatic nitrogens is 1. The van der Waals surface area contributed by atoms with Gasteiger partial charge in [-0.2, -0.15) is 0 Å². The molecule has 0 radical (unpaired) electrons. The molecule has 6 heteroatoms. The Kier molecular flexibility index (Phi) is 1.72. The number of fused-ring (bicyclic) bond motifs is 1. The van der Waals surface area contributed by atoms with E-state index in [1.807, 2.05) is 0 Å². The molecule has 0 saturated heterocycles. The molecule has 1 aromatic carbocycles. The lowest BCUT2D eigenvalue weighted by atomic mass is 10.1. The van der Waals surface area contributed by atoms with E-state index in [9.17, 15) is 15.0 Å². The monoisotopic (exact) mass is 209 g/mol. The van der Waals surface area contributed by atoms with Crippen LogP contribution in [-0.2, 0) is 0 Å². The van der Waals surface area contributed by atoms with Crippen LogP contribution in [0.1, 0.15) is 0 Å². The van der Waals surface area contributed by atoms with Gasteiger partial charge in [0, 0.05) is 0 Å². The van der Waals surface area contributed by atoms with E-state index in [1.165, 1.54) is 6.07 Å². The summed E-state index contributed by atoms with van der Waals surface area (Å²) in [5.74, 6) is -2.72. The largest absolute Gasteiger partial charge is 0.504 e. The van der Waals surface area contributed by atoms with Crippen molar-refractivity contribution in [2.45, 2.75) is 0 Å². The van der Waals surface area contributed by atoms with Crippen molar-refractivity contribution in [1.82, 2.24) is 4.98 Å². The molecule has 0 aliphatic carbocycles. The number of aromatic hydroxyl groups is 4. The number of phenols is 2. The molecule has 0 fully saturated rings. The highest BCUT2D eigenvalue weighted by Gasteiger charge is 2.15. The molecule has 0 unspecified atom stereocenters. The van der Waals surface area contributed by atoms with Gasteiger partial charge in [-0.05, 0) is 12.1 Å². The third-order valence-electron chi connectivity index (χ3n) is 2.08. The second-order valence-electron chi connectivity index (χ2n) is 3.01. The van der Waals surface area contributed by atoms with Gasteiger partial charge in [0.1, 0.15) is 0 Å². The summed E-state index contributed by atoms with van der Waals surface area (Å²) in [6.45, 7) is 0. The zero-order chi connectivity index (χ0) is 11.2. The van der Waals surface area contributed by atoms with Crippen molar-refractivity contribution in [3.63, 3.8) is 0 Å². The molecule has 0 amide bonds. The molecule has 0 atom stereocenters. The van der Waals surface area contributed by atoms with E-state index in [-0.39, 0.29) is 10.9 Å². The van der Waals surface area contributed by atoms with Gasteiger partial charge in [0.15, 0.2) is 17.2 Å². The van der Waals surface area contributed by atoms with E-state index >= 15 is 0 Å². The maximum Gasteiger partial charge on any atom is 0.294 e. The van der Waals surface area contributed by atoms with Crippen LogP contribution in [-0.4, -0.2) is 25.4 Å². The average molecular weight is 209 g/mol. The van der Waals surface area contributed by atoms with Gasteiger partial charge in [-0.3, -0.25) is 4.79 Å². The Hall–Kier alpha value is -2.37. The molecule has 5 N–H and O–H groups in total. The first-order valence-corrected chi connectivity index (χ1v) is 4.01. The Morgan fingerprint density at radius 2 is 1.60 bits per heavy atom. The average Bonchev–Trinajstić information content (AvgIpc) is 2.20. The van der Waals surface area contributed by atoms with Crippen LogP contribution in [0.5, 0.6) is 23.0 Å². The molecule has 78 valence electrons. The van der Waals surface area contributed by atoms with Gasteiger partial charge in [-0.1, -0.05) is 0 Å². The van der Waals surface area contributed by atoms with Crippen molar-refractivity contribution in [1.29, 1.82) is 0 Å². The number of H-pyrrole nitrogens is 1. The third-order valence-corrected chi connectivity index (χ3v) is 2.08. The van der Waals surface area contributed by atoms with E-state index in [2.05, 4.69) is 4.98 Å². The van der Waals surface area contributed by atoms with E-state index in [0.29, 0.717) is 0 Å². The maximum absolute atomic E-state index is 11.0. The van der Waals surface area contributed by atoms with Crippen LogP contribution in [0.3, 0.4) is 0 Å². The van der Waals surface area contributed by atoms with Gasteiger partial charge in [-0.15, -0.1) is 0 Å². The van der Waals surface area contributed by atoms with E-state index in [1.54, 1.807) is 0 Å². The minimum Gasteiger partial charge on any atom is -0.504 e. The molecule has 0 aliphatic heterocycles. The Morgan fingerprint density at radius 3 is 2.27 bits per heavy atom. The Labute approximate surface area is 82.7 Å². The first kappa shape index (κ1) is 9.20. The second kappa shape index (κ2) is 2.81. The SMILES string of the molecule is O=c1[nH]c2ccc(O)c(O)c2c(O)c1O. The number of aromatic amines is 1. The van der Waals surface area contributed by atoms with Crippen LogP contribution in [0.15, 0.2) is 16.9 Å². The van der Waals surface area contributed by atoms with Gasteiger partial charge in [0.05, 0.1) is 10.9 Å². The Balaban J connectivity index is 3.07. The first-order valence-electron chi connectivity index (χ1n) is 4.01. The van der Waals surface area contributed by atoms with Gasteiger partial charge >= 0.3 is 0 Å². The Morgan fingerprint density at radius 1 is 0.933 bits per heavy atom. The van der Waals surface area contributed by atoms with E-state index < -0.39 is 28.6 Å². The predicted octanol–water partition coefficient (Wildman–Crippen LogP) is 0.350. The fraction of sp³-hybridized carbons (Fsp3) is 0. The van der Waals surface area contributed by atoms with E-state index in [0.717, 1.165) is 6.07 Å². The minimum absolute atomic E-state index is 0.116. The van der Waals surface area contributed by atoms with Crippen LogP contribution in [0.25, 0.3) is 10.9 Å².